The summed E-state index contributed by atoms with van der Waals surface area (Å²) in [5, 5.41) is 4.67. The Bertz CT molecular complexity index is 803. The van der Waals surface area contributed by atoms with Crippen molar-refractivity contribution < 1.29 is 32.3 Å². The summed E-state index contributed by atoms with van der Waals surface area (Å²) < 4.78 is 43.5. The zero-order valence-corrected chi connectivity index (χ0v) is 16.8. The number of nitrogens with zero attached hydrogens (tertiary/aromatic N) is 1. The van der Waals surface area contributed by atoms with E-state index in [2.05, 4.69) is 10.6 Å². The van der Waals surface area contributed by atoms with Crippen molar-refractivity contribution in [1.82, 2.24) is 15.5 Å². The number of nitrogens with one attached hydrogen (secondary N) is 2. The van der Waals surface area contributed by atoms with Crippen molar-refractivity contribution in [2.45, 2.75) is 38.6 Å². The van der Waals surface area contributed by atoms with E-state index in [0.717, 1.165) is 12.1 Å². The largest absolute Gasteiger partial charge is 0.444 e. The Morgan fingerprint density at radius 1 is 1.21 bits per heavy atom. The molecule has 0 aliphatic carbocycles. The smallest absolute Gasteiger partial charge is 0.416 e. The maximum atomic E-state index is 12.8. The molecule has 1 aliphatic rings. The van der Waals surface area contributed by atoms with E-state index < -0.39 is 41.8 Å². The van der Waals surface area contributed by atoms with Gasteiger partial charge in [-0.1, -0.05) is 11.6 Å². The highest BCUT2D eigenvalue weighted by atomic mass is 35.5. The van der Waals surface area contributed by atoms with Crippen LogP contribution in [0.25, 0.3) is 0 Å². The predicted octanol–water partition coefficient (Wildman–Crippen LogP) is 2.82. The summed E-state index contributed by atoms with van der Waals surface area (Å²) in [6, 6.07) is 2.06. The number of halogens is 4. The van der Waals surface area contributed by atoms with Gasteiger partial charge in [0.1, 0.15) is 5.60 Å². The molecule has 1 aromatic carbocycles. The molecule has 0 saturated carbocycles. The van der Waals surface area contributed by atoms with Crippen LogP contribution in [0.1, 0.15) is 36.7 Å². The van der Waals surface area contributed by atoms with Gasteiger partial charge in [0.05, 0.1) is 28.7 Å². The molecule has 29 heavy (non-hydrogen) atoms. The summed E-state index contributed by atoms with van der Waals surface area (Å²) in [5.41, 5.74) is -2.03. The first-order chi connectivity index (χ1) is 13.3. The van der Waals surface area contributed by atoms with Crippen molar-refractivity contribution in [3.05, 3.63) is 34.3 Å². The van der Waals surface area contributed by atoms with Crippen LogP contribution >= 0.6 is 11.6 Å². The van der Waals surface area contributed by atoms with Gasteiger partial charge in [-0.15, -0.1) is 0 Å². The van der Waals surface area contributed by atoms with E-state index in [0.29, 0.717) is 6.07 Å². The molecule has 1 aromatic rings. The number of likely N-dealkylation sites (tertiary alicyclic amines) is 1. The Labute approximate surface area is 170 Å². The van der Waals surface area contributed by atoms with E-state index in [1.54, 1.807) is 20.8 Å². The molecule has 1 saturated heterocycles. The summed E-state index contributed by atoms with van der Waals surface area (Å²) in [5.74, 6) is -1.45. The van der Waals surface area contributed by atoms with Gasteiger partial charge in [0.2, 0.25) is 5.91 Å². The molecular formula is C18H21ClF3N3O4. The molecule has 2 N–H and O–H groups in total. The number of hydrogen-bond donors (Lipinski definition) is 2. The van der Waals surface area contributed by atoms with Gasteiger partial charge < -0.3 is 20.3 Å². The molecule has 0 radical (unpaired) electrons. The second-order valence-electron chi connectivity index (χ2n) is 7.52. The van der Waals surface area contributed by atoms with Gasteiger partial charge in [0.25, 0.3) is 5.91 Å². The second kappa shape index (κ2) is 8.48. The third-order valence-corrected chi connectivity index (χ3v) is 4.18. The molecule has 1 heterocycles. The fraction of sp³-hybridized carbons (Fsp3) is 0.500. The molecule has 0 spiro atoms. The van der Waals surface area contributed by atoms with Crippen LogP contribution in [-0.2, 0) is 15.7 Å². The maximum absolute atomic E-state index is 12.8. The summed E-state index contributed by atoms with van der Waals surface area (Å²) in [4.78, 5) is 37.2. The number of amides is 3. The lowest BCUT2D eigenvalue weighted by molar-refractivity contribution is -0.137. The summed E-state index contributed by atoms with van der Waals surface area (Å²) >= 11 is 5.79. The monoisotopic (exact) mass is 435 g/mol. The molecule has 0 bridgehead atoms. The highest BCUT2D eigenvalue weighted by molar-refractivity contribution is 6.33. The minimum atomic E-state index is -4.62. The Kier molecular flexibility index (Phi) is 6.67. The number of benzene rings is 1. The van der Waals surface area contributed by atoms with Gasteiger partial charge in [-0.2, -0.15) is 13.2 Å². The van der Waals surface area contributed by atoms with E-state index in [9.17, 15) is 27.6 Å². The van der Waals surface area contributed by atoms with Crippen molar-refractivity contribution in [3.8, 4) is 0 Å². The molecule has 3 amide bonds. The Balaban J connectivity index is 1.81. The van der Waals surface area contributed by atoms with Crippen molar-refractivity contribution >= 4 is 29.5 Å². The highest BCUT2D eigenvalue weighted by Crippen LogP contribution is 2.31. The van der Waals surface area contributed by atoms with Crippen molar-refractivity contribution in [1.29, 1.82) is 0 Å². The zero-order valence-electron chi connectivity index (χ0n) is 16.0. The van der Waals surface area contributed by atoms with Crippen LogP contribution < -0.4 is 10.6 Å². The van der Waals surface area contributed by atoms with Crippen molar-refractivity contribution in [2.24, 2.45) is 0 Å². The number of ether oxygens (including phenoxy) is 1. The lowest BCUT2D eigenvalue weighted by Crippen LogP contribution is -2.62. The number of carbonyl (C=O) groups excluding carboxylic acids is 3. The number of alkyl halides is 3. The van der Waals surface area contributed by atoms with E-state index in [-0.39, 0.29) is 29.7 Å². The van der Waals surface area contributed by atoms with Gasteiger partial charge >= 0.3 is 12.3 Å². The predicted molar refractivity (Wildman–Crippen MR) is 98.5 cm³/mol. The molecule has 1 aliphatic heterocycles. The molecule has 11 heteroatoms. The van der Waals surface area contributed by atoms with E-state index in [1.807, 2.05) is 0 Å². The van der Waals surface area contributed by atoms with Crippen LogP contribution in [0.5, 0.6) is 0 Å². The van der Waals surface area contributed by atoms with Crippen LogP contribution in [0, 0.1) is 0 Å². The van der Waals surface area contributed by atoms with Gasteiger partial charge in [-0.3, -0.25) is 9.59 Å². The first kappa shape index (κ1) is 22.8. The lowest BCUT2D eigenvalue weighted by Gasteiger charge is -2.39. The van der Waals surface area contributed by atoms with Gasteiger partial charge in [-0.25, -0.2) is 4.79 Å². The Morgan fingerprint density at radius 3 is 2.38 bits per heavy atom. The second-order valence-corrected chi connectivity index (χ2v) is 7.93. The van der Waals surface area contributed by atoms with Crippen molar-refractivity contribution in [3.63, 3.8) is 0 Å². The summed E-state index contributed by atoms with van der Waals surface area (Å²) in [7, 11) is 0. The normalized spacial score (nSPS) is 14.8. The molecule has 0 unspecified atom stereocenters. The lowest BCUT2D eigenvalue weighted by atomic mass is 10.1. The third-order valence-electron chi connectivity index (χ3n) is 3.85. The first-order valence-corrected chi connectivity index (χ1v) is 9.06. The molecule has 2 rings (SSSR count). The van der Waals surface area contributed by atoms with Crippen LogP contribution in [0.3, 0.4) is 0 Å². The standard InChI is InChI=1S/C18H21ClF3N3O4/c1-17(2,3)29-16(28)25-8-11(9-25)24-14(26)7-23-15(27)12-6-10(18(20,21)22)4-5-13(12)19/h4-6,11H,7-9H2,1-3H3,(H,23,27)(H,24,26). The number of carbonyl (C=O) groups is 3. The molecular weight excluding hydrogens is 415 g/mol. The van der Waals surface area contributed by atoms with Crippen LogP contribution in [0.15, 0.2) is 18.2 Å². The van der Waals surface area contributed by atoms with Crippen molar-refractivity contribution in [2.75, 3.05) is 19.6 Å². The number of rotatable bonds is 4. The van der Waals surface area contributed by atoms with Gasteiger partial charge in [0.15, 0.2) is 0 Å². The maximum Gasteiger partial charge on any atom is 0.416 e. The topological polar surface area (TPSA) is 87.7 Å². The van der Waals surface area contributed by atoms with Gasteiger partial charge in [-0.05, 0) is 39.0 Å². The third kappa shape index (κ3) is 6.52. The van der Waals surface area contributed by atoms with E-state index in [1.165, 1.54) is 4.90 Å². The average Bonchev–Trinajstić information content (AvgIpc) is 2.53. The Hall–Kier alpha value is -2.49. The average molecular weight is 436 g/mol. The van der Waals surface area contributed by atoms with Crippen LogP contribution in [0.4, 0.5) is 18.0 Å². The highest BCUT2D eigenvalue weighted by Gasteiger charge is 2.35. The molecule has 0 aromatic heterocycles. The zero-order chi connectivity index (χ0) is 22.0. The molecule has 0 atom stereocenters. The molecule has 7 nitrogen and oxygen atoms in total. The Morgan fingerprint density at radius 2 is 1.83 bits per heavy atom. The van der Waals surface area contributed by atoms with E-state index >= 15 is 0 Å². The first-order valence-electron chi connectivity index (χ1n) is 8.68. The van der Waals surface area contributed by atoms with Crippen LogP contribution in [-0.4, -0.2) is 54.1 Å². The fourth-order valence-electron chi connectivity index (χ4n) is 2.46. The minimum absolute atomic E-state index is 0.164. The summed E-state index contributed by atoms with van der Waals surface area (Å²) in [6.45, 7) is 5.28. The fourth-order valence-corrected chi connectivity index (χ4v) is 2.66. The van der Waals surface area contributed by atoms with E-state index in [4.69, 9.17) is 16.3 Å². The molecule has 160 valence electrons. The van der Waals surface area contributed by atoms with Crippen LogP contribution in [0.2, 0.25) is 5.02 Å². The molecule has 1 fully saturated rings. The number of hydrogen-bond acceptors (Lipinski definition) is 4. The quantitative estimate of drug-likeness (QED) is 0.761. The SMILES string of the molecule is CC(C)(C)OC(=O)N1CC(NC(=O)CNC(=O)c2cc(C(F)(F)F)ccc2Cl)C1. The summed E-state index contributed by atoms with van der Waals surface area (Å²) in [6.07, 6.45) is -5.11. The van der Waals surface area contributed by atoms with Gasteiger partial charge in [0, 0.05) is 13.1 Å². The minimum Gasteiger partial charge on any atom is -0.444 e.